The molecule has 178 valence electrons. The molecule has 0 saturated carbocycles. The van der Waals surface area contributed by atoms with Crippen LogP contribution in [0.1, 0.15) is 56.8 Å². The van der Waals surface area contributed by atoms with E-state index < -0.39 is 17.7 Å². The van der Waals surface area contributed by atoms with Crippen LogP contribution in [0.2, 0.25) is 0 Å². The van der Waals surface area contributed by atoms with Crippen LogP contribution in [0.25, 0.3) is 0 Å². The second-order valence-corrected chi connectivity index (χ2v) is 9.06. The van der Waals surface area contributed by atoms with E-state index in [0.29, 0.717) is 24.2 Å². The van der Waals surface area contributed by atoms with E-state index in [0.717, 1.165) is 11.1 Å². The molecule has 33 heavy (non-hydrogen) atoms. The van der Waals surface area contributed by atoms with Crippen molar-refractivity contribution in [2.24, 2.45) is 0 Å². The first-order valence-electron chi connectivity index (χ1n) is 11.2. The lowest BCUT2D eigenvalue weighted by Gasteiger charge is -2.32. The number of nitrogens with one attached hydrogen (secondary N) is 2. The van der Waals surface area contributed by atoms with Gasteiger partial charge < -0.3 is 20.3 Å². The van der Waals surface area contributed by atoms with Gasteiger partial charge in [-0.3, -0.25) is 9.59 Å². The summed E-state index contributed by atoms with van der Waals surface area (Å²) < 4.78 is 5.23. The largest absolute Gasteiger partial charge is 0.444 e. The number of benzene rings is 2. The predicted molar refractivity (Wildman–Crippen MR) is 130 cm³/mol. The molecule has 0 aliphatic heterocycles. The number of carbonyl (C=O) groups excluding carboxylic acids is 3. The van der Waals surface area contributed by atoms with E-state index in [2.05, 4.69) is 10.6 Å². The number of anilines is 1. The molecular weight excluding hydrogens is 418 g/mol. The number of hydrogen-bond donors (Lipinski definition) is 2. The van der Waals surface area contributed by atoms with Gasteiger partial charge in [0.05, 0.1) is 0 Å². The third-order valence-electron chi connectivity index (χ3n) is 4.89. The smallest absolute Gasteiger partial charge is 0.408 e. The number of carbonyl (C=O) groups is 3. The molecule has 2 rings (SSSR count). The number of nitrogens with zero attached hydrogens (tertiary/aromatic N) is 1. The summed E-state index contributed by atoms with van der Waals surface area (Å²) in [5, 5.41) is 5.48. The Morgan fingerprint density at radius 3 is 2.33 bits per heavy atom. The number of rotatable bonds is 8. The number of alkyl carbamates (subject to hydrolysis) is 1. The highest BCUT2D eigenvalue weighted by atomic mass is 16.6. The van der Waals surface area contributed by atoms with E-state index in [9.17, 15) is 14.4 Å². The Balaban J connectivity index is 2.32. The van der Waals surface area contributed by atoms with Crippen LogP contribution in [0, 0.1) is 13.8 Å². The van der Waals surface area contributed by atoms with Crippen molar-refractivity contribution in [1.29, 1.82) is 0 Å². The molecule has 0 bridgehead atoms. The maximum atomic E-state index is 13.5. The van der Waals surface area contributed by atoms with E-state index in [1.807, 2.05) is 69.3 Å². The van der Waals surface area contributed by atoms with Gasteiger partial charge in [-0.05, 0) is 58.2 Å². The topological polar surface area (TPSA) is 87.7 Å². The zero-order valence-corrected chi connectivity index (χ0v) is 20.4. The molecule has 7 heteroatoms. The summed E-state index contributed by atoms with van der Waals surface area (Å²) in [6.07, 6.45) is -0.0261. The highest BCUT2D eigenvalue weighted by Crippen LogP contribution is 2.25. The van der Waals surface area contributed by atoms with Crippen LogP contribution in [0.3, 0.4) is 0 Å². The van der Waals surface area contributed by atoms with Crippen molar-refractivity contribution in [3.8, 4) is 0 Å². The average Bonchev–Trinajstić information content (AvgIpc) is 2.72. The zero-order chi connectivity index (χ0) is 24.6. The lowest BCUT2D eigenvalue weighted by Crippen LogP contribution is -2.46. The van der Waals surface area contributed by atoms with Gasteiger partial charge in [0.1, 0.15) is 18.2 Å². The van der Waals surface area contributed by atoms with E-state index in [-0.39, 0.29) is 18.4 Å². The summed E-state index contributed by atoms with van der Waals surface area (Å²) in [5.74, 6) is -0.678. The van der Waals surface area contributed by atoms with Gasteiger partial charge in [0.15, 0.2) is 0 Å². The SMILES string of the molecule is CCCN(C(=O)CNC(=O)OC(C)(C)C)C(C(=O)Nc1ccccc1C)c1cccc(C)c1. The molecule has 0 radical (unpaired) electrons. The lowest BCUT2D eigenvalue weighted by molar-refractivity contribution is -0.138. The van der Waals surface area contributed by atoms with Crippen LogP contribution in [0.15, 0.2) is 48.5 Å². The van der Waals surface area contributed by atoms with Crippen LogP contribution in [-0.4, -0.2) is 41.5 Å². The summed E-state index contributed by atoms with van der Waals surface area (Å²) in [5.41, 5.74) is 2.63. The molecule has 0 heterocycles. The number of para-hydroxylation sites is 1. The lowest BCUT2D eigenvalue weighted by atomic mass is 10.0. The minimum absolute atomic E-state index is 0.269. The van der Waals surface area contributed by atoms with E-state index in [4.69, 9.17) is 4.74 Å². The van der Waals surface area contributed by atoms with Crippen molar-refractivity contribution in [3.63, 3.8) is 0 Å². The summed E-state index contributed by atoms with van der Waals surface area (Å²) in [4.78, 5) is 40.3. The fourth-order valence-electron chi connectivity index (χ4n) is 3.43. The zero-order valence-electron chi connectivity index (χ0n) is 20.4. The summed E-state index contributed by atoms with van der Waals surface area (Å²) in [7, 11) is 0. The molecule has 0 fully saturated rings. The Kier molecular flexibility index (Phi) is 9.02. The van der Waals surface area contributed by atoms with E-state index in [1.54, 1.807) is 20.8 Å². The van der Waals surface area contributed by atoms with Gasteiger partial charge >= 0.3 is 6.09 Å². The first kappa shape index (κ1) is 25.9. The Hall–Kier alpha value is -3.35. The first-order valence-corrected chi connectivity index (χ1v) is 11.2. The highest BCUT2D eigenvalue weighted by Gasteiger charge is 2.31. The van der Waals surface area contributed by atoms with Crippen molar-refractivity contribution in [2.75, 3.05) is 18.4 Å². The average molecular weight is 454 g/mol. The van der Waals surface area contributed by atoms with Crippen LogP contribution >= 0.6 is 0 Å². The normalized spacial score (nSPS) is 11.9. The molecule has 0 aromatic heterocycles. The predicted octanol–water partition coefficient (Wildman–Crippen LogP) is 4.75. The van der Waals surface area contributed by atoms with Gasteiger partial charge in [0.25, 0.3) is 5.91 Å². The number of hydrogen-bond acceptors (Lipinski definition) is 4. The summed E-state index contributed by atoms with van der Waals surface area (Å²) in [6.45, 7) is 11.1. The molecule has 0 spiro atoms. The van der Waals surface area contributed by atoms with Crippen molar-refractivity contribution in [3.05, 3.63) is 65.2 Å². The van der Waals surface area contributed by atoms with Crippen molar-refractivity contribution >= 4 is 23.6 Å². The van der Waals surface area contributed by atoms with E-state index >= 15 is 0 Å². The Bertz CT molecular complexity index is 981. The van der Waals surface area contributed by atoms with Crippen molar-refractivity contribution < 1.29 is 19.1 Å². The molecule has 2 N–H and O–H groups in total. The molecule has 1 atom stereocenters. The third kappa shape index (κ3) is 7.93. The minimum atomic E-state index is -0.850. The fraction of sp³-hybridized carbons (Fsp3) is 0.423. The highest BCUT2D eigenvalue weighted by molar-refractivity contribution is 5.98. The molecule has 3 amide bonds. The molecular formula is C26H35N3O4. The van der Waals surface area contributed by atoms with Gasteiger partial charge in [-0.15, -0.1) is 0 Å². The van der Waals surface area contributed by atoms with Gasteiger partial charge in [0.2, 0.25) is 5.91 Å². The Morgan fingerprint density at radius 1 is 1.03 bits per heavy atom. The fourth-order valence-corrected chi connectivity index (χ4v) is 3.43. The Morgan fingerprint density at radius 2 is 1.73 bits per heavy atom. The molecule has 2 aromatic carbocycles. The third-order valence-corrected chi connectivity index (χ3v) is 4.89. The second-order valence-electron chi connectivity index (χ2n) is 9.06. The van der Waals surface area contributed by atoms with Crippen molar-refractivity contribution in [2.45, 2.75) is 59.6 Å². The molecule has 2 aromatic rings. The second kappa shape index (κ2) is 11.5. The molecule has 0 aliphatic carbocycles. The molecule has 1 unspecified atom stereocenters. The van der Waals surface area contributed by atoms with Crippen molar-refractivity contribution in [1.82, 2.24) is 10.2 Å². The molecule has 0 saturated heterocycles. The maximum absolute atomic E-state index is 13.5. The summed E-state index contributed by atoms with van der Waals surface area (Å²) in [6, 6.07) is 14.2. The Labute approximate surface area is 196 Å². The number of amides is 3. The monoisotopic (exact) mass is 453 g/mol. The number of ether oxygens (including phenoxy) is 1. The quantitative estimate of drug-likeness (QED) is 0.604. The van der Waals surface area contributed by atoms with Gasteiger partial charge in [-0.25, -0.2) is 4.79 Å². The van der Waals surface area contributed by atoms with Crippen LogP contribution < -0.4 is 10.6 Å². The number of aryl methyl sites for hydroxylation is 2. The van der Waals surface area contributed by atoms with Crippen LogP contribution in [0.4, 0.5) is 10.5 Å². The van der Waals surface area contributed by atoms with Gasteiger partial charge in [-0.1, -0.05) is 55.0 Å². The first-order chi connectivity index (χ1) is 15.5. The minimum Gasteiger partial charge on any atom is -0.444 e. The standard InChI is InChI=1S/C26H35N3O4/c1-7-15-29(22(30)17-27-25(32)33-26(4,5)6)23(20-13-10-11-18(2)16-20)24(31)28-21-14-9-8-12-19(21)3/h8-14,16,23H,7,15,17H2,1-6H3,(H,27,32)(H,28,31). The van der Waals surface area contributed by atoms with Crippen LogP contribution in [0.5, 0.6) is 0 Å². The van der Waals surface area contributed by atoms with Crippen LogP contribution in [-0.2, 0) is 14.3 Å². The van der Waals surface area contributed by atoms with Gasteiger partial charge in [-0.2, -0.15) is 0 Å². The van der Waals surface area contributed by atoms with E-state index in [1.165, 1.54) is 4.90 Å². The molecule has 0 aliphatic rings. The maximum Gasteiger partial charge on any atom is 0.408 e. The van der Waals surface area contributed by atoms with Gasteiger partial charge in [0, 0.05) is 12.2 Å². The molecule has 7 nitrogen and oxygen atoms in total. The summed E-state index contributed by atoms with van der Waals surface area (Å²) >= 11 is 0.